The highest BCUT2D eigenvalue weighted by atomic mass is 32.1. The molecule has 0 unspecified atom stereocenters. The normalized spacial score (nSPS) is 14.5. The molecule has 31 heavy (non-hydrogen) atoms. The summed E-state index contributed by atoms with van der Waals surface area (Å²) in [5.41, 5.74) is 0.153. The fourth-order valence-corrected chi connectivity index (χ4v) is 4.55. The maximum absolute atomic E-state index is 13.4. The molecular formula is C19H17F5N4O2S. The summed E-state index contributed by atoms with van der Waals surface area (Å²) in [5.74, 6) is -0.616. The van der Waals surface area contributed by atoms with Crippen LogP contribution in [-0.2, 0) is 30.4 Å². The van der Waals surface area contributed by atoms with Gasteiger partial charge in [-0.3, -0.25) is 9.48 Å². The monoisotopic (exact) mass is 460 g/mol. The number of benzene rings is 1. The third kappa shape index (κ3) is 4.78. The van der Waals surface area contributed by atoms with Gasteiger partial charge in [0, 0.05) is 11.3 Å². The summed E-state index contributed by atoms with van der Waals surface area (Å²) in [5, 5.41) is 6.44. The summed E-state index contributed by atoms with van der Waals surface area (Å²) in [6.07, 6.45) is -1.66. The van der Waals surface area contributed by atoms with Gasteiger partial charge in [0.2, 0.25) is 5.91 Å². The highest BCUT2D eigenvalue weighted by molar-refractivity contribution is 7.22. The third-order valence-electron chi connectivity index (χ3n) is 4.90. The van der Waals surface area contributed by atoms with Crippen LogP contribution in [0.2, 0.25) is 0 Å². The van der Waals surface area contributed by atoms with E-state index in [2.05, 4.69) is 20.1 Å². The van der Waals surface area contributed by atoms with E-state index >= 15 is 0 Å². The van der Waals surface area contributed by atoms with E-state index in [4.69, 9.17) is 0 Å². The van der Waals surface area contributed by atoms with Gasteiger partial charge in [0.1, 0.15) is 12.3 Å². The number of anilines is 1. The van der Waals surface area contributed by atoms with Gasteiger partial charge in [-0.2, -0.15) is 27.1 Å². The smallest absolute Gasteiger partial charge is 0.435 e. The minimum Gasteiger partial charge on any atom is -0.435 e. The van der Waals surface area contributed by atoms with Crippen LogP contribution < -0.4 is 10.1 Å². The molecule has 3 aromatic rings. The number of aromatic nitrogens is 3. The first-order valence-corrected chi connectivity index (χ1v) is 10.3. The average Bonchev–Trinajstić information content (AvgIpc) is 3.11. The Morgan fingerprint density at radius 3 is 2.74 bits per heavy atom. The molecule has 0 saturated heterocycles. The van der Waals surface area contributed by atoms with Gasteiger partial charge in [0.25, 0.3) is 0 Å². The fraction of sp³-hybridized carbons (Fsp3) is 0.421. The van der Waals surface area contributed by atoms with E-state index in [1.165, 1.54) is 18.2 Å². The van der Waals surface area contributed by atoms with Gasteiger partial charge < -0.3 is 10.1 Å². The molecule has 1 aromatic carbocycles. The van der Waals surface area contributed by atoms with E-state index < -0.39 is 24.4 Å². The lowest BCUT2D eigenvalue weighted by molar-refractivity contribution is -0.142. The largest absolute Gasteiger partial charge is 0.435 e. The van der Waals surface area contributed by atoms with Gasteiger partial charge in [-0.1, -0.05) is 17.8 Å². The number of carbonyl (C=O) groups is 1. The second-order valence-electron chi connectivity index (χ2n) is 7.07. The van der Waals surface area contributed by atoms with Crippen LogP contribution >= 0.6 is 11.3 Å². The minimum absolute atomic E-state index is 0.0389. The summed E-state index contributed by atoms with van der Waals surface area (Å²) < 4.78 is 70.9. The van der Waals surface area contributed by atoms with E-state index in [9.17, 15) is 26.7 Å². The van der Waals surface area contributed by atoms with Gasteiger partial charge >= 0.3 is 12.8 Å². The first kappa shape index (κ1) is 21.5. The number of carbonyl (C=O) groups excluding carboxylic acids is 1. The lowest BCUT2D eigenvalue weighted by atomic mass is 10.1. The van der Waals surface area contributed by atoms with Gasteiger partial charge in [0.05, 0.1) is 10.2 Å². The average molecular weight is 460 g/mol. The summed E-state index contributed by atoms with van der Waals surface area (Å²) in [4.78, 5) is 16.7. The standard InChI is InChI=1S/C19H17F5N4O2S/c20-17(21)30-10-6-7-12-14(8-10)31-18(25-12)26-15(29)9-28-13-5-3-1-2-4-11(13)16(27-28)19(22,23)24/h6-8,17H,1-5,9H2,(H,25,26,29). The first-order chi connectivity index (χ1) is 14.7. The maximum atomic E-state index is 13.4. The van der Waals surface area contributed by atoms with Crippen molar-refractivity contribution in [3.8, 4) is 5.75 Å². The van der Waals surface area contributed by atoms with Crippen molar-refractivity contribution in [2.45, 2.75) is 51.4 Å². The Labute approximate surface area is 177 Å². The molecule has 166 valence electrons. The summed E-state index contributed by atoms with van der Waals surface area (Å²) in [6.45, 7) is -3.34. The van der Waals surface area contributed by atoms with E-state index in [-0.39, 0.29) is 29.4 Å². The lowest BCUT2D eigenvalue weighted by Gasteiger charge is -2.07. The van der Waals surface area contributed by atoms with Crippen molar-refractivity contribution in [2.24, 2.45) is 0 Å². The molecule has 0 fully saturated rings. The molecule has 2 heterocycles. The number of hydrogen-bond acceptors (Lipinski definition) is 5. The Kier molecular flexibility index (Phi) is 5.82. The van der Waals surface area contributed by atoms with Crippen LogP contribution in [0.15, 0.2) is 18.2 Å². The van der Waals surface area contributed by atoms with Gasteiger partial charge in [-0.15, -0.1) is 0 Å². The molecule has 12 heteroatoms. The molecule has 0 spiro atoms. The van der Waals surface area contributed by atoms with Crippen molar-refractivity contribution in [2.75, 3.05) is 5.32 Å². The lowest BCUT2D eigenvalue weighted by Crippen LogP contribution is -2.21. The van der Waals surface area contributed by atoms with E-state index in [1.54, 1.807) is 0 Å². The molecule has 1 aliphatic carbocycles. The number of rotatable bonds is 5. The Hall–Kier alpha value is -2.76. The van der Waals surface area contributed by atoms with Crippen molar-refractivity contribution < 1.29 is 31.5 Å². The van der Waals surface area contributed by atoms with Crippen LogP contribution in [0.3, 0.4) is 0 Å². The number of halogens is 5. The molecular weight excluding hydrogens is 443 g/mol. The predicted octanol–water partition coefficient (Wildman–Crippen LogP) is 5.02. The number of nitrogens with zero attached hydrogens (tertiary/aromatic N) is 3. The SMILES string of the molecule is O=C(Cn1nc(C(F)(F)F)c2c1CCCCC2)Nc1nc2ccc(OC(F)F)cc2s1. The number of amides is 1. The van der Waals surface area contributed by atoms with Gasteiger partial charge in [-0.05, 0) is 43.9 Å². The van der Waals surface area contributed by atoms with Crippen LogP contribution in [0.5, 0.6) is 5.75 Å². The zero-order valence-corrected chi connectivity index (χ0v) is 16.8. The Morgan fingerprint density at radius 2 is 2.00 bits per heavy atom. The molecule has 2 aromatic heterocycles. The molecule has 1 aliphatic rings. The maximum Gasteiger partial charge on any atom is 0.435 e. The van der Waals surface area contributed by atoms with E-state index in [0.717, 1.165) is 28.9 Å². The number of alkyl halides is 5. The number of hydrogen-bond donors (Lipinski definition) is 1. The Morgan fingerprint density at radius 1 is 1.23 bits per heavy atom. The summed E-state index contributed by atoms with van der Waals surface area (Å²) in [6, 6.07) is 4.18. The Balaban J connectivity index is 1.53. The van der Waals surface area contributed by atoms with Crippen LogP contribution in [-0.4, -0.2) is 27.3 Å². The van der Waals surface area contributed by atoms with Gasteiger partial charge in [-0.25, -0.2) is 4.98 Å². The minimum atomic E-state index is -4.58. The molecule has 0 saturated carbocycles. The second-order valence-corrected chi connectivity index (χ2v) is 8.10. The fourth-order valence-electron chi connectivity index (χ4n) is 3.64. The van der Waals surface area contributed by atoms with Crippen LogP contribution in [0.1, 0.15) is 36.2 Å². The molecule has 0 bridgehead atoms. The molecule has 0 aliphatic heterocycles. The van der Waals surface area contributed by atoms with Crippen molar-refractivity contribution >= 4 is 32.6 Å². The number of ether oxygens (including phenoxy) is 1. The number of nitrogens with one attached hydrogen (secondary N) is 1. The predicted molar refractivity (Wildman–Crippen MR) is 103 cm³/mol. The summed E-state index contributed by atoms with van der Waals surface area (Å²) >= 11 is 1.04. The van der Waals surface area contributed by atoms with Crippen LogP contribution in [0.4, 0.5) is 27.1 Å². The second kappa shape index (κ2) is 8.40. The molecule has 6 nitrogen and oxygen atoms in total. The number of fused-ring (bicyclic) bond motifs is 2. The molecule has 0 radical (unpaired) electrons. The first-order valence-electron chi connectivity index (χ1n) is 9.51. The molecule has 1 amide bonds. The molecule has 4 rings (SSSR count). The Bertz CT molecular complexity index is 1110. The topological polar surface area (TPSA) is 69.0 Å². The van der Waals surface area contributed by atoms with Crippen molar-refractivity contribution in [3.63, 3.8) is 0 Å². The van der Waals surface area contributed by atoms with Crippen LogP contribution in [0, 0.1) is 0 Å². The zero-order valence-electron chi connectivity index (χ0n) is 16.0. The molecule has 0 atom stereocenters. The van der Waals surface area contributed by atoms with Crippen molar-refractivity contribution in [3.05, 3.63) is 35.2 Å². The van der Waals surface area contributed by atoms with Crippen LogP contribution in [0.25, 0.3) is 10.2 Å². The highest BCUT2D eigenvalue weighted by Crippen LogP contribution is 2.35. The molecule has 1 N–H and O–H groups in total. The highest BCUT2D eigenvalue weighted by Gasteiger charge is 2.39. The van der Waals surface area contributed by atoms with Gasteiger partial charge in [0.15, 0.2) is 10.8 Å². The van der Waals surface area contributed by atoms with Crippen molar-refractivity contribution in [1.29, 1.82) is 0 Å². The van der Waals surface area contributed by atoms with Crippen molar-refractivity contribution in [1.82, 2.24) is 14.8 Å². The quantitative estimate of drug-likeness (QED) is 0.429. The summed E-state index contributed by atoms with van der Waals surface area (Å²) in [7, 11) is 0. The van der Waals surface area contributed by atoms with E-state index in [0.29, 0.717) is 28.8 Å². The zero-order chi connectivity index (χ0) is 22.2. The third-order valence-corrected chi connectivity index (χ3v) is 5.83. The number of thiazole rings is 1. The van der Waals surface area contributed by atoms with E-state index in [1.807, 2.05) is 0 Å².